The lowest BCUT2D eigenvalue weighted by atomic mass is 10.1. The summed E-state index contributed by atoms with van der Waals surface area (Å²) in [5.41, 5.74) is 1.47. The summed E-state index contributed by atoms with van der Waals surface area (Å²) in [5.74, 6) is -0.154. The van der Waals surface area contributed by atoms with Gasteiger partial charge in [0.25, 0.3) is 0 Å². The van der Waals surface area contributed by atoms with Gasteiger partial charge in [-0.25, -0.2) is 13.8 Å². The largest absolute Gasteiger partial charge is 0.357 e. The molecule has 3 nitrogen and oxygen atoms in total. The maximum absolute atomic E-state index is 13.6. The number of halogens is 2. The van der Waals surface area contributed by atoms with Crippen LogP contribution in [0, 0.1) is 11.6 Å². The number of rotatable bonds is 6. The molecule has 0 saturated heterocycles. The third-order valence-electron chi connectivity index (χ3n) is 3.30. The number of hydrogen-bond donors (Lipinski definition) is 2. The Morgan fingerprint density at radius 2 is 1.83 bits per heavy atom. The number of aliphatic imine (C=N–C) groups is 1. The van der Waals surface area contributed by atoms with E-state index in [9.17, 15) is 8.78 Å². The molecule has 2 N–H and O–H groups in total. The molecule has 0 unspecified atom stereocenters. The normalized spacial score (nSPS) is 11.3. The number of benzene rings is 2. The van der Waals surface area contributed by atoms with Gasteiger partial charge in [-0.1, -0.05) is 30.3 Å². The molecule has 0 amide bonds. The molecule has 0 bridgehead atoms. The highest BCUT2D eigenvalue weighted by Crippen LogP contribution is 2.09. The molecule has 0 radical (unpaired) electrons. The highest BCUT2D eigenvalue weighted by molar-refractivity contribution is 5.79. The van der Waals surface area contributed by atoms with Gasteiger partial charge in [0.05, 0.1) is 6.54 Å². The summed E-state index contributed by atoms with van der Waals surface area (Å²) in [5, 5.41) is 6.27. The molecule has 0 heterocycles. The van der Waals surface area contributed by atoms with Gasteiger partial charge in [0, 0.05) is 13.1 Å². The molecule has 0 aliphatic rings. The molecular weight excluding hydrogens is 296 g/mol. The molecule has 0 aliphatic carbocycles. The molecule has 0 aliphatic heterocycles. The van der Waals surface area contributed by atoms with E-state index in [-0.39, 0.29) is 5.82 Å². The maximum Gasteiger partial charge on any atom is 0.191 e. The quantitative estimate of drug-likeness (QED) is 0.634. The first-order valence-electron chi connectivity index (χ1n) is 7.69. The maximum atomic E-state index is 13.6. The Hall–Kier alpha value is -2.43. The van der Waals surface area contributed by atoms with Crippen molar-refractivity contribution in [1.82, 2.24) is 10.6 Å². The van der Waals surface area contributed by atoms with Gasteiger partial charge in [-0.15, -0.1) is 0 Å². The van der Waals surface area contributed by atoms with Crippen LogP contribution in [0.4, 0.5) is 8.78 Å². The molecule has 122 valence electrons. The molecule has 2 aromatic carbocycles. The van der Waals surface area contributed by atoms with E-state index in [1.54, 1.807) is 0 Å². The zero-order valence-corrected chi connectivity index (χ0v) is 13.2. The zero-order valence-electron chi connectivity index (χ0n) is 13.2. The molecule has 0 fully saturated rings. The van der Waals surface area contributed by atoms with Crippen molar-refractivity contribution in [2.24, 2.45) is 4.99 Å². The van der Waals surface area contributed by atoms with Gasteiger partial charge in [-0.2, -0.15) is 0 Å². The smallest absolute Gasteiger partial charge is 0.191 e. The SMILES string of the molecule is CCNC(=NCc1ccccc1)NCCc1cc(F)ccc1F. The van der Waals surface area contributed by atoms with Crippen LogP contribution in [0.5, 0.6) is 0 Å². The lowest BCUT2D eigenvalue weighted by molar-refractivity contribution is 0.583. The van der Waals surface area contributed by atoms with E-state index in [4.69, 9.17) is 0 Å². The first-order valence-corrected chi connectivity index (χ1v) is 7.69. The minimum atomic E-state index is -0.425. The van der Waals surface area contributed by atoms with E-state index in [1.165, 1.54) is 6.07 Å². The predicted octanol–water partition coefficient (Wildman–Crippen LogP) is 3.26. The van der Waals surface area contributed by atoms with Crippen LogP contribution in [0.3, 0.4) is 0 Å². The van der Waals surface area contributed by atoms with E-state index in [2.05, 4.69) is 15.6 Å². The number of guanidine groups is 1. The second-order valence-corrected chi connectivity index (χ2v) is 5.09. The Morgan fingerprint density at radius 3 is 2.57 bits per heavy atom. The van der Waals surface area contributed by atoms with Gasteiger partial charge in [-0.05, 0) is 42.7 Å². The van der Waals surface area contributed by atoms with Crippen LogP contribution in [0.1, 0.15) is 18.1 Å². The lowest BCUT2D eigenvalue weighted by Gasteiger charge is -2.11. The van der Waals surface area contributed by atoms with Crippen LogP contribution in [0.25, 0.3) is 0 Å². The monoisotopic (exact) mass is 317 g/mol. The Balaban J connectivity index is 1.90. The van der Waals surface area contributed by atoms with Gasteiger partial charge in [0.1, 0.15) is 11.6 Å². The lowest BCUT2D eigenvalue weighted by Crippen LogP contribution is -2.38. The van der Waals surface area contributed by atoms with Gasteiger partial charge in [-0.3, -0.25) is 0 Å². The average molecular weight is 317 g/mol. The van der Waals surface area contributed by atoms with E-state index in [1.807, 2.05) is 37.3 Å². The van der Waals surface area contributed by atoms with Crippen molar-refractivity contribution in [1.29, 1.82) is 0 Å². The van der Waals surface area contributed by atoms with Crippen molar-refractivity contribution in [3.63, 3.8) is 0 Å². The van der Waals surface area contributed by atoms with Crippen LogP contribution >= 0.6 is 0 Å². The van der Waals surface area contributed by atoms with E-state index < -0.39 is 5.82 Å². The summed E-state index contributed by atoms with van der Waals surface area (Å²) < 4.78 is 26.7. The van der Waals surface area contributed by atoms with Crippen LogP contribution in [-0.2, 0) is 13.0 Å². The molecule has 5 heteroatoms. The Bertz CT molecular complexity index is 642. The molecule has 0 spiro atoms. The van der Waals surface area contributed by atoms with Gasteiger partial charge < -0.3 is 10.6 Å². The molecular formula is C18H21F2N3. The molecule has 2 aromatic rings. The summed E-state index contributed by atoms with van der Waals surface area (Å²) in [4.78, 5) is 4.48. The number of hydrogen-bond acceptors (Lipinski definition) is 1. The fourth-order valence-corrected chi connectivity index (χ4v) is 2.15. The third-order valence-corrected chi connectivity index (χ3v) is 3.30. The average Bonchev–Trinajstić information content (AvgIpc) is 2.56. The summed E-state index contributed by atoms with van der Waals surface area (Å²) in [7, 11) is 0. The minimum absolute atomic E-state index is 0.358. The number of nitrogens with one attached hydrogen (secondary N) is 2. The van der Waals surface area contributed by atoms with Crippen LogP contribution in [0.2, 0.25) is 0 Å². The summed E-state index contributed by atoms with van der Waals surface area (Å²) >= 11 is 0. The molecule has 0 atom stereocenters. The highest BCUT2D eigenvalue weighted by atomic mass is 19.1. The Morgan fingerprint density at radius 1 is 1.04 bits per heavy atom. The highest BCUT2D eigenvalue weighted by Gasteiger charge is 2.04. The standard InChI is InChI=1S/C18H21F2N3/c1-2-21-18(23-13-14-6-4-3-5-7-14)22-11-10-15-12-16(19)8-9-17(15)20/h3-9,12H,2,10-11,13H2,1H3,(H2,21,22,23). The van der Waals surface area contributed by atoms with Crippen LogP contribution in [-0.4, -0.2) is 19.0 Å². The van der Waals surface area contributed by atoms with Gasteiger partial charge in [0.15, 0.2) is 5.96 Å². The van der Waals surface area contributed by atoms with E-state index in [0.717, 1.165) is 24.2 Å². The van der Waals surface area contributed by atoms with E-state index in [0.29, 0.717) is 31.0 Å². The summed E-state index contributed by atoms with van der Waals surface area (Å²) in [6, 6.07) is 13.4. The van der Waals surface area contributed by atoms with Crippen molar-refractivity contribution in [3.05, 3.63) is 71.3 Å². The first-order chi connectivity index (χ1) is 11.2. The second-order valence-electron chi connectivity index (χ2n) is 5.09. The molecule has 23 heavy (non-hydrogen) atoms. The number of nitrogens with zero attached hydrogens (tertiary/aromatic N) is 1. The van der Waals surface area contributed by atoms with Crippen molar-refractivity contribution in [2.45, 2.75) is 19.9 Å². The van der Waals surface area contributed by atoms with Crippen molar-refractivity contribution < 1.29 is 8.78 Å². The van der Waals surface area contributed by atoms with Crippen molar-refractivity contribution in [2.75, 3.05) is 13.1 Å². The van der Waals surface area contributed by atoms with E-state index >= 15 is 0 Å². The fourth-order valence-electron chi connectivity index (χ4n) is 2.15. The fraction of sp³-hybridized carbons (Fsp3) is 0.278. The minimum Gasteiger partial charge on any atom is -0.357 e. The van der Waals surface area contributed by atoms with Crippen molar-refractivity contribution >= 4 is 5.96 Å². The predicted molar refractivity (Wildman–Crippen MR) is 89.3 cm³/mol. The first kappa shape index (κ1) is 16.9. The molecule has 0 aromatic heterocycles. The van der Waals surface area contributed by atoms with Crippen LogP contribution in [0.15, 0.2) is 53.5 Å². The topological polar surface area (TPSA) is 36.4 Å². The third kappa shape index (κ3) is 5.70. The zero-order chi connectivity index (χ0) is 16.5. The Labute approximate surface area is 135 Å². The summed E-state index contributed by atoms with van der Waals surface area (Å²) in [6.07, 6.45) is 0.388. The second kappa shape index (κ2) is 8.88. The summed E-state index contributed by atoms with van der Waals surface area (Å²) in [6.45, 7) is 3.74. The Kier molecular flexibility index (Phi) is 6.54. The van der Waals surface area contributed by atoms with Gasteiger partial charge in [0.2, 0.25) is 0 Å². The molecule has 0 saturated carbocycles. The van der Waals surface area contributed by atoms with Gasteiger partial charge >= 0.3 is 0 Å². The van der Waals surface area contributed by atoms with Crippen LogP contribution < -0.4 is 10.6 Å². The molecule has 2 rings (SSSR count). The van der Waals surface area contributed by atoms with Crippen molar-refractivity contribution in [3.8, 4) is 0 Å².